The number of nitrogens with two attached hydrogens (primary N) is 1. The predicted octanol–water partition coefficient (Wildman–Crippen LogP) is 0.644. The highest BCUT2D eigenvalue weighted by Gasteiger charge is 2.33. The fourth-order valence-corrected chi connectivity index (χ4v) is 1.32. The Morgan fingerprint density at radius 2 is 1.89 bits per heavy atom. The molecule has 2 atom stereocenters. The molecule has 0 aromatic heterocycles. The molecule has 0 amide bonds. The molecule has 0 spiro atoms. The van der Waals surface area contributed by atoms with E-state index in [0.29, 0.717) is 0 Å². The van der Waals surface area contributed by atoms with Gasteiger partial charge in [-0.1, -0.05) is 0 Å². The summed E-state index contributed by atoms with van der Waals surface area (Å²) in [5.41, 5.74) is 4.69. The Balaban J connectivity index is 3.11. The van der Waals surface area contributed by atoms with Gasteiger partial charge in [0.2, 0.25) is 0 Å². The molecule has 1 aromatic rings. The molecule has 0 saturated heterocycles. The number of aliphatic hydroxyl groups is 2. The number of benzene rings is 1. The van der Waals surface area contributed by atoms with E-state index in [1.165, 1.54) is 0 Å². The zero-order chi connectivity index (χ0) is 13.9. The molecule has 102 valence electrons. The Morgan fingerprint density at radius 3 is 2.39 bits per heavy atom. The molecule has 0 aliphatic heterocycles. The largest absolute Gasteiger partial charge is 0.573 e. The lowest BCUT2D eigenvalue weighted by atomic mass is 10.0. The summed E-state index contributed by atoms with van der Waals surface area (Å²) in [4.78, 5) is 0. The number of phenols is 1. The minimum absolute atomic E-state index is 0.359. The molecule has 0 saturated carbocycles. The van der Waals surface area contributed by atoms with Crippen LogP contribution in [0.2, 0.25) is 0 Å². The van der Waals surface area contributed by atoms with Gasteiger partial charge in [-0.3, -0.25) is 0 Å². The molecule has 18 heavy (non-hydrogen) atoms. The summed E-state index contributed by atoms with van der Waals surface area (Å²) in [6.45, 7) is -0.359. The number of hydrogen-bond donors (Lipinski definition) is 4. The fourth-order valence-electron chi connectivity index (χ4n) is 1.32. The first-order valence-electron chi connectivity index (χ1n) is 4.89. The Kier molecular flexibility index (Phi) is 4.38. The van der Waals surface area contributed by atoms with E-state index in [-0.39, 0.29) is 12.3 Å². The highest BCUT2D eigenvalue weighted by atomic mass is 19.4. The highest BCUT2D eigenvalue weighted by molar-refractivity contribution is 5.41. The lowest BCUT2D eigenvalue weighted by Crippen LogP contribution is -2.28. The summed E-state index contributed by atoms with van der Waals surface area (Å²) >= 11 is 0. The number of halogens is 3. The first-order chi connectivity index (χ1) is 8.24. The minimum Gasteiger partial charge on any atom is -0.508 e. The van der Waals surface area contributed by atoms with Gasteiger partial charge in [0.05, 0.1) is 6.10 Å². The van der Waals surface area contributed by atoms with Crippen LogP contribution in [0.3, 0.4) is 0 Å². The average molecular weight is 267 g/mol. The molecule has 5 N–H and O–H groups in total. The van der Waals surface area contributed by atoms with Crippen LogP contribution in [-0.4, -0.2) is 34.3 Å². The molecule has 0 aliphatic carbocycles. The van der Waals surface area contributed by atoms with Crippen molar-refractivity contribution in [3.63, 3.8) is 0 Å². The van der Waals surface area contributed by atoms with Crippen molar-refractivity contribution >= 4 is 0 Å². The number of phenolic OH excluding ortho intramolecular Hbond substituents is 1. The smallest absolute Gasteiger partial charge is 0.508 e. The predicted molar refractivity (Wildman–Crippen MR) is 54.8 cm³/mol. The van der Waals surface area contributed by atoms with Crippen LogP contribution in [0.5, 0.6) is 11.5 Å². The van der Waals surface area contributed by atoms with Crippen LogP contribution in [0.4, 0.5) is 13.2 Å². The molecule has 0 bridgehead atoms. The van der Waals surface area contributed by atoms with Crippen LogP contribution in [-0.2, 0) is 0 Å². The third kappa shape index (κ3) is 3.76. The van der Waals surface area contributed by atoms with Crippen molar-refractivity contribution < 1.29 is 33.2 Å². The lowest BCUT2D eigenvalue weighted by Gasteiger charge is -2.20. The van der Waals surface area contributed by atoms with Gasteiger partial charge in [0, 0.05) is 12.1 Å². The Bertz CT molecular complexity index is 411. The van der Waals surface area contributed by atoms with Crippen LogP contribution in [0.15, 0.2) is 18.2 Å². The van der Waals surface area contributed by atoms with Crippen molar-refractivity contribution in [2.75, 3.05) is 6.54 Å². The first kappa shape index (κ1) is 14.6. The molecule has 1 rings (SSSR count). The Labute approximate surface area is 100 Å². The monoisotopic (exact) mass is 267 g/mol. The molecule has 0 fully saturated rings. The molecular weight excluding hydrogens is 255 g/mol. The van der Waals surface area contributed by atoms with Gasteiger partial charge in [-0.15, -0.1) is 13.2 Å². The summed E-state index contributed by atoms with van der Waals surface area (Å²) in [5.74, 6) is -1.08. The van der Waals surface area contributed by atoms with E-state index in [1.54, 1.807) is 0 Å². The number of rotatable bonds is 4. The highest BCUT2D eigenvalue weighted by Crippen LogP contribution is 2.34. The fraction of sp³-hybridized carbons (Fsp3) is 0.400. The van der Waals surface area contributed by atoms with Gasteiger partial charge in [0.15, 0.2) is 0 Å². The van der Waals surface area contributed by atoms with Gasteiger partial charge >= 0.3 is 6.36 Å². The van der Waals surface area contributed by atoms with Gasteiger partial charge in [0.25, 0.3) is 0 Å². The maximum absolute atomic E-state index is 12.1. The topological polar surface area (TPSA) is 95.9 Å². The van der Waals surface area contributed by atoms with E-state index in [9.17, 15) is 28.5 Å². The third-order valence-electron chi connectivity index (χ3n) is 2.14. The van der Waals surface area contributed by atoms with Gasteiger partial charge in [-0.25, -0.2) is 0 Å². The second kappa shape index (κ2) is 5.42. The van der Waals surface area contributed by atoms with E-state index < -0.39 is 29.9 Å². The number of alkyl halides is 3. The summed E-state index contributed by atoms with van der Waals surface area (Å²) in [6.07, 6.45) is -8.11. The van der Waals surface area contributed by atoms with Crippen molar-refractivity contribution in [1.29, 1.82) is 0 Å². The number of aromatic hydroxyl groups is 1. The van der Waals surface area contributed by atoms with Gasteiger partial charge in [-0.05, 0) is 18.2 Å². The number of hydrogen-bond acceptors (Lipinski definition) is 5. The van der Waals surface area contributed by atoms with Crippen LogP contribution >= 0.6 is 0 Å². The maximum Gasteiger partial charge on any atom is 0.573 e. The van der Waals surface area contributed by atoms with Crippen molar-refractivity contribution in [2.24, 2.45) is 5.73 Å². The van der Waals surface area contributed by atoms with E-state index in [4.69, 9.17) is 5.73 Å². The Hall–Kier alpha value is -1.51. The molecule has 2 unspecified atom stereocenters. The second-order valence-corrected chi connectivity index (χ2v) is 3.52. The van der Waals surface area contributed by atoms with E-state index in [1.807, 2.05) is 0 Å². The lowest BCUT2D eigenvalue weighted by molar-refractivity contribution is -0.275. The first-order valence-corrected chi connectivity index (χ1v) is 4.89. The minimum atomic E-state index is -4.95. The van der Waals surface area contributed by atoms with Crippen molar-refractivity contribution in [1.82, 2.24) is 0 Å². The Morgan fingerprint density at radius 1 is 1.28 bits per heavy atom. The normalized spacial score (nSPS) is 15.2. The third-order valence-corrected chi connectivity index (χ3v) is 2.14. The SMILES string of the molecule is NCC(O)C(O)c1cc(O)ccc1OC(F)(F)F. The summed E-state index contributed by atoms with van der Waals surface area (Å²) in [5, 5.41) is 28.1. The summed E-state index contributed by atoms with van der Waals surface area (Å²) < 4.78 is 40.0. The summed E-state index contributed by atoms with van der Waals surface area (Å²) in [6, 6.07) is 2.67. The quantitative estimate of drug-likeness (QED) is 0.642. The van der Waals surface area contributed by atoms with Gasteiger partial charge < -0.3 is 25.8 Å². The van der Waals surface area contributed by atoms with E-state index >= 15 is 0 Å². The van der Waals surface area contributed by atoms with E-state index in [0.717, 1.165) is 18.2 Å². The number of ether oxygens (including phenoxy) is 1. The zero-order valence-electron chi connectivity index (χ0n) is 9.05. The molecule has 8 heteroatoms. The molecule has 5 nitrogen and oxygen atoms in total. The van der Waals surface area contributed by atoms with Crippen LogP contribution < -0.4 is 10.5 Å². The van der Waals surface area contributed by atoms with Gasteiger partial charge in [0.1, 0.15) is 17.6 Å². The zero-order valence-corrected chi connectivity index (χ0v) is 9.05. The molecular formula is C10H12F3NO4. The molecule has 0 radical (unpaired) electrons. The average Bonchev–Trinajstić information content (AvgIpc) is 2.27. The van der Waals surface area contributed by atoms with E-state index in [2.05, 4.69) is 4.74 Å². The van der Waals surface area contributed by atoms with Crippen molar-refractivity contribution in [2.45, 2.75) is 18.6 Å². The van der Waals surface area contributed by atoms with Crippen LogP contribution in [0.1, 0.15) is 11.7 Å². The van der Waals surface area contributed by atoms with Crippen LogP contribution in [0, 0.1) is 0 Å². The van der Waals surface area contributed by atoms with Gasteiger partial charge in [-0.2, -0.15) is 0 Å². The number of aliphatic hydroxyl groups excluding tert-OH is 2. The molecule has 0 aliphatic rings. The van der Waals surface area contributed by atoms with Crippen molar-refractivity contribution in [3.8, 4) is 11.5 Å². The van der Waals surface area contributed by atoms with Crippen molar-refractivity contribution in [3.05, 3.63) is 23.8 Å². The van der Waals surface area contributed by atoms with Crippen LogP contribution in [0.25, 0.3) is 0 Å². The second-order valence-electron chi connectivity index (χ2n) is 3.52. The summed E-state index contributed by atoms with van der Waals surface area (Å²) in [7, 11) is 0. The molecule has 0 heterocycles. The standard InChI is InChI=1S/C10H12F3NO4/c11-10(12,13)18-8-2-1-5(15)3-6(8)9(17)7(16)4-14/h1-3,7,9,15-17H,4,14H2. The molecule has 1 aromatic carbocycles. The maximum atomic E-state index is 12.1.